The zero-order chi connectivity index (χ0) is 31.6. The number of imidazole rings is 1. The molecule has 0 aliphatic carbocycles. The minimum atomic E-state index is -4.27. The maximum absolute atomic E-state index is 13.7. The molecule has 42 heavy (non-hydrogen) atoms. The number of aliphatic hydroxyl groups is 1. The number of fused-ring (bicyclic) bond motifs is 1. The minimum absolute atomic E-state index is 0.00356. The molecule has 0 saturated carbocycles. The number of esters is 1. The van der Waals surface area contributed by atoms with Gasteiger partial charge in [-0.2, -0.15) is 4.98 Å². The average Bonchev–Trinajstić information content (AvgIpc) is 3.37. The molecule has 5 N–H and O–H groups in total. The molecule has 1 saturated heterocycles. The van der Waals surface area contributed by atoms with Gasteiger partial charge in [0.1, 0.15) is 18.2 Å². The van der Waals surface area contributed by atoms with E-state index in [1.54, 1.807) is 34.6 Å². The SMILES string of the molecule is CC(C)OC(=O)[C@H](C)NP(=O)(OCCSC(=O)C(C)(C)C)OC[C@H]1O[C@@H](n2cnc3c(=O)[nH]c(N)nc32)C(Cl)(Cl)[C@@H]1O. The fraction of sp³-hybridized carbons (Fsp3) is 0.696. The van der Waals surface area contributed by atoms with Crippen molar-refractivity contribution in [3.8, 4) is 0 Å². The zero-order valence-corrected chi connectivity index (χ0v) is 27.1. The van der Waals surface area contributed by atoms with Crippen molar-refractivity contribution in [1.29, 1.82) is 0 Å². The maximum Gasteiger partial charge on any atom is 0.406 e. The number of aliphatic hydroxyl groups excluding tert-OH is 1. The van der Waals surface area contributed by atoms with Crippen LogP contribution in [0.1, 0.15) is 47.8 Å². The minimum Gasteiger partial charge on any atom is -0.462 e. The predicted octanol–water partition coefficient (Wildman–Crippen LogP) is 2.51. The van der Waals surface area contributed by atoms with E-state index in [2.05, 4.69) is 20.0 Å². The van der Waals surface area contributed by atoms with Crippen LogP contribution in [0.5, 0.6) is 0 Å². The lowest BCUT2D eigenvalue weighted by atomic mass is 10.00. The molecule has 1 aliphatic heterocycles. The highest BCUT2D eigenvalue weighted by Crippen LogP contribution is 2.50. The molecule has 1 aliphatic rings. The van der Waals surface area contributed by atoms with Crippen molar-refractivity contribution in [2.45, 2.75) is 76.5 Å². The molecular formula is C23H35Cl2N6O9PS. The average molecular weight is 674 g/mol. The standard InChI is InChI=1S/C23H35Cl2N6O9PS/c1-11(2)39-18(34)12(3)30-41(36,37-7-8-42-20(35)22(4,5)6)38-9-13-15(32)23(24,25)19(40-13)31-10-27-14-16(31)28-21(26)29-17(14)33/h10-13,15,19,32H,7-9H2,1-6H3,(H,30,36)(H3,26,28,29,33)/t12-,13+,15+,19+,41?/m0/s1. The van der Waals surface area contributed by atoms with Crippen LogP contribution in [0.2, 0.25) is 0 Å². The third-order valence-corrected chi connectivity index (χ3v) is 9.52. The van der Waals surface area contributed by atoms with E-state index in [1.165, 1.54) is 17.8 Å². The van der Waals surface area contributed by atoms with Crippen LogP contribution in [-0.2, 0) is 32.7 Å². The Hall–Kier alpha value is -1.75. The molecule has 1 fully saturated rings. The van der Waals surface area contributed by atoms with Crippen LogP contribution in [-0.4, -0.2) is 83.4 Å². The fourth-order valence-electron chi connectivity index (χ4n) is 3.64. The summed E-state index contributed by atoms with van der Waals surface area (Å²) in [6.07, 6.45) is -3.42. The van der Waals surface area contributed by atoms with Gasteiger partial charge in [-0.05, 0) is 20.8 Å². The van der Waals surface area contributed by atoms with E-state index in [4.69, 9.17) is 47.5 Å². The number of thioether (sulfide) groups is 1. The van der Waals surface area contributed by atoms with Crippen LogP contribution < -0.4 is 16.4 Å². The molecule has 3 heterocycles. The van der Waals surface area contributed by atoms with Gasteiger partial charge in [-0.1, -0.05) is 55.7 Å². The van der Waals surface area contributed by atoms with Crippen molar-refractivity contribution in [1.82, 2.24) is 24.6 Å². The summed E-state index contributed by atoms with van der Waals surface area (Å²) in [5, 5.41) is 13.3. The zero-order valence-electron chi connectivity index (χ0n) is 23.8. The van der Waals surface area contributed by atoms with E-state index < -0.39 is 66.2 Å². The quantitative estimate of drug-likeness (QED) is 0.110. The number of carbonyl (C=O) groups excluding carboxylic acids is 2. The van der Waals surface area contributed by atoms with Crippen molar-refractivity contribution < 1.29 is 37.8 Å². The number of nitrogen functional groups attached to an aromatic ring is 1. The first-order valence-corrected chi connectivity index (χ1v) is 16.1. The summed E-state index contributed by atoms with van der Waals surface area (Å²) in [5.41, 5.74) is 4.38. The van der Waals surface area contributed by atoms with Crippen LogP contribution >= 0.6 is 42.7 Å². The number of rotatable bonds is 12. The fourth-order valence-corrected chi connectivity index (χ4v) is 6.62. The number of nitrogens with one attached hydrogen (secondary N) is 2. The van der Waals surface area contributed by atoms with Gasteiger partial charge in [-0.15, -0.1) is 0 Å². The molecular weight excluding hydrogens is 638 g/mol. The lowest BCUT2D eigenvalue weighted by Crippen LogP contribution is -2.39. The molecule has 0 bridgehead atoms. The van der Waals surface area contributed by atoms with Crippen LogP contribution in [0.4, 0.5) is 5.95 Å². The number of aromatic amines is 1. The number of aromatic nitrogens is 4. The molecule has 1 unspecified atom stereocenters. The molecule has 15 nitrogen and oxygen atoms in total. The number of alkyl halides is 2. The number of anilines is 1. The van der Waals surface area contributed by atoms with Gasteiger partial charge in [0.2, 0.25) is 5.95 Å². The van der Waals surface area contributed by atoms with E-state index in [0.717, 1.165) is 11.8 Å². The Morgan fingerprint density at radius 3 is 2.62 bits per heavy atom. The van der Waals surface area contributed by atoms with E-state index in [9.17, 15) is 24.1 Å². The van der Waals surface area contributed by atoms with Crippen LogP contribution in [0.3, 0.4) is 0 Å². The van der Waals surface area contributed by atoms with Gasteiger partial charge in [-0.25, -0.2) is 14.6 Å². The lowest BCUT2D eigenvalue weighted by Gasteiger charge is -2.25. The van der Waals surface area contributed by atoms with Crippen molar-refractivity contribution in [2.24, 2.45) is 5.41 Å². The third kappa shape index (κ3) is 8.24. The summed E-state index contributed by atoms with van der Waals surface area (Å²) in [4.78, 5) is 47.1. The number of carbonyl (C=O) groups is 2. The Balaban J connectivity index is 1.77. The monoisotopic (exact) mass is 672 g/mol. The molecule has 3 rings (SSSR count). The summed E-state index contributed by atoms with van der Waals surface area (Å²) in [7, 11) is -4.27. The summed E-state index contributed by atoms with van der Waals surface area (Å²) >= 11 is 13.9. The normalized spacial score (nSPS) is 22.8. The topological polar surface area (TPSA) is 210 Å². The van der Waals surface area contributed by atoms with Gasteiger partial charge in [0.25, 0.3) is 5.56 Å². The molecule has 0 spiro atoms. The molecule has 2 aromatic rings. The second-order valence-corrected chi connectivity index (χ2v) is 15.1. The lowest BCUT2D eigenvalue weighted by molar-refractivity contribution is -0.149. The Kier molecular flexibility index (Phi) is 11.2. The Morgan fingerprint density at radius 2 is 2.00 bits per heavy atom. The third-order valence-electron chi connectivity index (χ3n) is 5.74. The number of ether oxygens (including phenoxy) is 2. The van der Waals surface area contributed by atoms with E-state index in [1.807, 2.05) is 0 Å². The van der Waals surface area contributed by atoms with Crippen molar-refractivity contribution in [3.05, 3.63) is 16.7 Å². The van der Waals surface area contributed by atoms with Crippen LogP contribution in [0.25, 0.3) is 11.2 Å². The number of H-pyrrole nitrogens is 1. The molecule has 5 atom stereocenters. The first-order chi connectivity index (χ1) is 19.4. The number of hydrogen-bond donors (Lipinski definition) is 4. The summed E-state index contributed by atoms with van der Waals surface area (Å²) < 4.78 is 35.0. The van der Waals surface area contributed by atoms with Gasteiger partial charge >= 0.3 is 13.7 Å². The van der Waals surface area contributed by atoms with Crippen molar-refractivity contribution in [2.75, 3.05) is 24.7 Å². The van der Waals surface area contributed by atoms with Crippen molar-refractivity contribution >= 4 is 70.9 Å². The molecule has 0 radical (unpaired) electrons. The van der Waals surface area contributed by atoms with E-state index in [0.29, 0.717) is 0 Å². The largest absolute Gasteiger partial charge is 0.462 e. The van der Waals surface area contributed by atoms with Gasteiger partial charge in [0.05, 0.1) is 25.6 Å². The Morgan fingerprint density at radius 1 is 1.33 bits per heavy atom. The molecule has 2 aromatic heterocycles. The van der Waals surface area contributed by atoms with E-state index >= 15 is 0 Å². The second-order valence-electron chi connectivity index (χ2n) is 10.8. The van der Waals surface area contributed by atoms with Gasteiger partial charge in [0, 0.05) is 11.2 Å². The molecule has 0 aromatic carbocycles. The Labute approximate surface area is 256 Å². The summed E-state index contributed by atoms with van der Waals surface area (Å²) in [5.74, 6) is -0.754. The first-order valence-electron chi connectivity index (χ1n) is 12.8. The highest BCUT2D eigenvalue weighted by molar-refractivity contribution is 8.13. The molecule has 0 amide bonds. The number of nitrogens with two attached hydrogens (primary N) is 1. The van der Waals surface area contributed by atoms with Crippen LogP contribution in [0.15, 0.2) is 11.1 Å². The number of halogens is 2. The number of nitrogens with zero attached hydrogens (tertiary/aromatic N) is 3. The second kappa shape index (κ2) is 13.5. The number of hydrogen-bond acceptors (Lipinski definition) is 13. The van der Waals surface area contributed by atoms with Crippen LogP contribution in [0, 0.1) is 5.41 Å². The maximum atomic E-state index is 13.7. The van der Waals surface area contributed by atoms with Gasteiger partial charge in [-0.3, -0.25) is 33.0 Å². The first kappa shape index (κ1) is 34.7. The van der Waals surface area contributed by atoms with Crippen molar-refractivity contribution in [3.63, 3.8) is 0 Å². The molecule has 236 valence electrons. The van der Waals surface area contributed by atoms with Gasteiger partial charge < -0.3 is 20.3 Å². The smallest absolute Gasteiger partial charge is 0.406 e. The highest BCUT2D eigenvalue weighted by Gasteiger charge is 2.56. The summed E-state index contributed by atoms with van der Waals surface area (Å²) in [6.45, 7) is 9.28. The van der Waals surface area contributed by atoms with Gasteiger partial charge in [0.15, 0.2) is 26.8 Å². The Bertz CT molecular complexity index is 1400. The predicted molar refractivity (Wildman–Crippen MR) is 157 cm³/mol. The van der Waals surface area contributed by atoms with E-state index in [-0.39, 0.29) is 34.6 Å². The summed E-state index contributed by atoms with van der Waals surface area (Å²) in [6, 6.07) is -1.11. The molecule has 19 heteroatoms. The highest BCUT2D eigenvalue weighted by atomic mass is 35.5.